The molecule has 0 aromatic rings. The van der Waals surface area contributed by atoms with Crippen molar-refractivity contribution in [1.82, 2.24) is 5.32 Å². The van der Waals surface area contributed by atoms with Gasteiger partial charge in [-0.15, -0.1) is 0 Å². The molecule has 0 saturated carbocycles. The van der Waals surface area contributed by atoms with Crippen LogP contribution in [0.5, 0.6) is 0 Å². The Morgan fingerprint density at radius 3 is 2.65 bits per heavy atom. The monoisotopic (exact) mass is 241 g/mol. The molecule has 0 spiro atoms. The van der Waals surface area contributed by atoms with E-state index >= 15 is 0 Å². The van der Waals surface area contributed by atoms with Crippen molar-refractivity contribution in [3.8, 4) is 0 Å². The van der Waals surface area contributed by atoms with Gasteiger partial charge in [-0.2, -0.15) is 0 Å². The molecule has 0 bridgehead atoms. The highest BCUT2D eigenvalue weighted by Gasteiger charge is 2.01. The Bertz CT molecular complexity index is 261. The maximum Gasteiger partial charge on any atom is 0.122 e. The molecule has 100 valence electrons. The van der Waals surface area contributed by atoms with Gasteiger partial charge in [0.2, 0.25) is 0 Å². The van der Waals surface area contributed by atoms with Crippen LogP contribution < -0.4 is 11.1 Å². The third-order valence-electron chi connectivity index (χ3n) is 2.68. The molecule has 0 aromatic heterocycles. The quantitative estimate of drug-likeness (QED) is 0.504. The van der Waals surface area contributed by atoms with E-state index in [2.05, 4.69) is 31.1 Å². The van der Waals surface area contributed by atoms with Crippen molar-refractivity contribution in [3.63, 3.8) is 0 Å². The fourth-order valence-corrected chi connectivity index (χ4v) is 1.15. The van der Waals surface area contributed by atoms with Gasteiger partial charge in [-0.05, 0) is 19.8 Å². The summed E-state index contributed by atoms with van der Waals surface area (Å²) in [5.74, 6) is 1.20. The van der Waals surface area contributed by atoms with Crippen LogP contribution in [-0.2, 0) is 4.74 Å². The van der Waals surface area contributed by atoms with Crippen LogP contribution in [0.2, 0.25) is 0 Å². The molecule has 2 atom stereocenters. The molecule has 0 amide bonds. The van der Waals surface area contributed by atoms with Crippen molar-refractivity contribution < 1.29 is 4.74 Å². The molecular formula is C13H27N3O. The van der Waals surface area contributed by atoms with Crippen LogP contribution in [0.25, 0.3) is 0 Å². The molecule has 17 heavy (non-hydrogen) atoms. The first-order valence-electron chi connectivity index (χ1n) is 6.23. The van der Waals surface area contributed by atoms with Crippen LogP contribution in [0.15, 0.2) is 16.8 Å². The molecule has 0 aromatic carbocycles. The lowest BCUT2D eigenvalue weighted by Gasteiger charge is -2.11. The second-order valence-electron chi connectivity index (χ2n) is 4.59. The summed E-state index contributed by atoms with van der Waals surface area (Å²) in [5, 5.41) is 3.22. The SMILES string of the molecule is CCC(C)CN=C(N)/C(C)=C/N[C@H](C)COC. The number of rotatable bonds is 8. The van der Waals surface area contributed by atoms with Crippen molar-refractivity contribution >= 4 is 5.84 Å². The van der Waals surface area contributed by atoms with E-state index in [0.717, 1.165) is 18.5 Å². The Labute approximate surface area is 105 Å². The van der Waals surface area contributed by atoms with E-state index in [1.54, 1.807) is 7.11 Å². The van der Waals surface area contributed by atoms with Crippen LogP contribution in [0.4, 0.5) is 0 Å². The number of amidine groups is 1. The topological polar surface area (TPSA) is 59.6 Å². The Balaban J connectivity index is 4.18. The number of hydrogen-bond donors (Lipinski definition) is 2. The first kappa shape index (κ1) is 16.0. The zero-order valence-electron chi connectivity index (χ0n) is 11.8. The maximum atomic E-state index is 5.89. The lowest BCUT2D eigenvalue weighted by molar-refractivity contribution is 0.177. The van der Waals surface area contributed by atoms with E-state index in [1.165, 1.54) is 0 Å². The van der Waals surface area contributed by atoms with E-state index in [0.29, 0.717) is 18.4 Å². The van der Waals surface area contributed by atoms with E-state index in [-0.39, 0.29) is 6.04 Å². The van der Waals surface area contributed by atoms with Gasteiger partial charge >= 0.3 is 0 Å². The number of nitrogens with two attached hydrogens (primary N) is 1. The zero-order valence-corrected chi connectivity index (χ0v) is 11.8. The minimum atomic E-state index is 0.275. The predicted molar refractivity (Wildman–Crippen MR) is 74.2 cm³/mol. The van der Waals surface area contributed by atoms with Crippen molar-refractivity contribution in [1.29, 1.82) is 0 Å². The molecule has 0 radical (unpaired) electrons. The summed E-state index contributed by atoms with van der Waals surface area (Å²) >= 11 is 0. The first-order valence-corrected chi connectivity index (χ1v) is 6.23. The summed E-state index contributed by atoms with van der Waals surface area (Å²) in [7, 11) is 1.69. The van der Waals surface area contributed by atoms with Gasteiger partial charge in [0.1, 0.15) is 5.84 Å². The summed E-state index contributed by atoms with van der Waals surface area (Å²) in [5.41, 5.74) is 6.86. The zero-order chi connectivity index (χ0) is 13.3. The molecular weight excluding hydrogens is 214 g/mol. The van der Waals surface area contributed by atoms with Crippen molar-refractivity contribution in [2.24, 2.45) is 16.6 Å². The Morgan fingerprint density at radius 2 is 2.12 bits per heavy atom. The van der Waals surface area contributed by atoms with Crippen molar-refractivity contribution in [2.45, 2.75) is 40.2 Å². The van der Waals surface area contributed by atoms with Crippen LogP contribution in [0.3, 0.4) is 0 Å². The second kappa shape index (κ2) is 9.05. The summed E-state index contributed by atoms with van der Waals surface area (Å²) < 4.78 is 5.04. The maximum absolute atomic E-state index is 5.89. The summed E-state index contributed by atoms with van der Waals surface area (Å²) in [6.45, 7) is 9.82. The van der Waals surface area contributed by atoms with Crippen molar-refractivity contribution in [3.05, 3.63) is 11.8 Å². The molecule has 0 aliphatic carbocycles. The normalized spacial score (nSPS) is 16.8. The van der Waals surface area contributed by atoms with E-state index in [1.807, 2.05) is 13.1 Å². The molecule has 4 heteroatoms. The highest BCUT2D eigenvalue weighted by atomic mass is 16.5. The highest BCUT2D eigenvalue weighted by molar-refractivity contribution is 5.96. The largest absolute Gasteiger partial charge is 0.386 e. The van der Waals surface area contributed by atoms with Gasteiger partial charge in [-0.3, -0.25) is 4.99 Å². The number of hydrogen-bond acceptors (Lipinski definition) is 3. The second-order valence-corrected chi connectivity index (χ2v) is 4.59. The van der Waals surface area contributed by atoms with Gasteiger partial charge in [-0.1, -0.05) is 20.3 Å². The lowest BCUT2D eigenvalue weighted by atomic mass is 10.1. The average Bonchev–Trinajstić information content (AvgIpc) is 2.32. The van der Waals surface area contributed by atoms with E-state index < -0.39 is 0 Å². The van der Waals surface area contributed by atoms with Crippen molar-refractivity contribution in [2.75, 3.05) is 20.3 Å². The number of nitrogens with one attached hydrogen (secondary N) is 1. The highest BCUT2D eigenvalue weighted by Crippen LogP contribution is 2.01. The minimum absolute atomic E-state index is 0.275. The lowest BCUT2D eigenvalue weighted by Crippen LogP contribution is -2.27. The van der Waals surface area contributed by atoms with Gasteiger partial charge in [0, 0.05) is 31.5 Å². The number of ether oxygens (including phenoxy) is 1. The minimum Gasteiger partial charge on any atom is -0.386 e. The summed E-state index contributed by atoms with van der Waals surface area (Å²) in [6, 6.07) is 0.275. The molecule has 4 nitrogen and oxygen atoms in total. The molecule has 0 rings (SSSR count). The molecule has 0 aliphatic rings. The average molecular weight is 241 g/mol. The smallest absolute Gasteiger partial charge is 0.122 e. The predicted octanol–water partition coefficient (Wildman–Crippen LogP) is 1.92. The molecule has 1 unspecified atom stereocenters. The third kappa shape index (κ3) is 7.80. The molecule has 3 N–H and O–H groups in total. The van der Waals surface area contributed by atoms with Gasteiger partial charge in [0.25, 0.3) is 0 Å². The van der Waals surface area contributed by atoms with Gasteiger partial charge in [-0.25, -0.2) is 0 Å². The fourth-order valence-electron chi connectivity index (χ4n) is 1.15. The van der Waals surface area contributed by atoms with Crippen LogP contribution >= 0.6 is 0 Å². The van der Waals surface area contributed by atoms with Gasteiger partial charge in [0.15, 0.2) is 0 Å². The Kier molecular flexibility index (Phi) is 8.50. The first-order chi connectivity index (χ1) is 8.01. The fraction of sp³-hybridized carbons (Fsp3) is 0.769. The number of methoxy groups -OCH3 is 1. The molecule has 0 heterocycles. The van der Waals surface area contributed by atoms with E-state index in [4.69, 9.17) is 10.5 Å². The number of nitrogens with zero attached hydrogens (tertiary/aromatic N) is 1. The Morgan fingerprint density at radius 1 is 1.47 bits per heavy atom. The van der Waals surface area contributed by atoms with Crippen LogP contribution in [-0.4, -0.2) is 32.1 Å². The number of aliphatic imine (C=N–C) groups is 1. The standard InChI is InChI=1S/C13H27N3O/c1-6-10(2)7-16-13(14)11(3)8-15-12(4)9-17-5/h8,10,12,15H,6-7,9H2,1-5H3,(H2,14,16)/b11-8+/t10?,12-/m1/s1. The van der Waals surface area contributed by atoms with Gasteiger partial charge < -0.3 is 15.8 Å². The molecule has 0 fully saturated rings. The van der Waals surface area contributed by atoms with E-state index in [9.17, 15) is 0 Å². The summed E-state index contributed by atoms with van der Waals surface area (Å²) in [4.78, 5) is 4.37. The third-order valence-corrected chi connectivity index (χ3v) is 2.68. The van der Waals surface area contributed by atoms with Crippen LogP contribution in [0, 0.1) is 5.92 Å². The molecule has 0 saturated heterocycles. The molecule has 0 aliphatic heterocycles. The van der Waals surface area contributed by atoms with Gasteiger partial charge in [0.05, 0.1) is 6.61 Å². The Hall–Kier alpha value is -1.03. The van der Waals surface area contributed by atoms with Crippen LogP contribution in [0.1, 0.15) is 34.1 Å². The summed E-state index contributed by atoms with van der Waals surface area (Å²) in [6.07, 6.45) is 3.03.